The summed E-state index contributed by atoms with van der Waals surface area (Å²) in [5.74, 6) is -0.560. The first-order chi connectivity index (χ1) is 8.08. The smallest absolute Gasteiger partial charge is 0.169 e. The van der Waals surface area contributed by atoms with E-state index < -0.39 is 5.82 Å². The Hall–Kier alpha value is -0.710. The Labute approximate surface area is 115 Å². The third-order valence-electron chi connectivity index (χ3n) is 2.22. The zero-order valence-electron chi connectivity index (χ0n) is 8.54. The topological polar surface area (TPSA) is 17.1 Å². The normalized spacial score (nSPS) is 10.5. The summed E-state index contributed by atoms with van der Waals surface area (Å²) in [5, 5.41) is 0. The van der Waals surface area contributed by atoms with Crippen molar-refractivity contribution >= 4 is 44.7 Å². The van der Waals surface area contributed by atoms with Crippen LogP contribution in [0, 0.1) is 5.82 Å². The van der Waals surface area contributed by atoms with Crippen LogP contribution >= 0.6 is 38.9 Å². The summed E-state index contributed by atoms with van der Waals surface area (Å²) in [6.45, 7) is 0. The van der Waals surface area contributed by atoms with Gasteiger partial charge in [0.25, 0.3) is 0 Å². The van der Waals surface area contributed by atoms with Gasteiger partial charge in [-0.15, -0.1) is 11.3 Å². The first kappa shape index (κ1) is 12.7. The van der Waals surface area contributed by atoms with Crippen LogP contribution in [0.15, 0.2) is 34.8 Å². The van der Waals surface area contributed by atoms with Gasteiger partial charge in [-0.2, -0.15) is 0 Å². The second kappa shape index (κ2) is 5.29. The Kier molecular flexibility index (Phi) is 3.97. The second-order valence-electron chi connectivity index (χ2n) is 3.41. The molecule has 17 heavy (non-hydrogen) atoms. The highest BCUT2D eigenvalue weighted by Crippen LogP contribution is 2.25. The summed E-state index contributed by atoms with van der Waals surface area (Å²) in [7, 11) is 0. The van der Waals surface area contributed by atoms with Crippen LogP contribution in [-0.4, -0.2) is 5.78 Å². The van der Waals surface area contributed by atoms with Gasteiger partial charge in [-0.05, 0) is 34.1 Å². The second-order valence-corrected chi connectivity index (χ2v) is 6.00. The minimum absolute atomic E-state index is 0.130. The molecule has 0 aliphatic carbocycles. The number of hydrogen-bond acceptors (Lipinski definition) is 2. The quantitative estimate of drug-likeness (QED) is 0.742. The lowest BCUT2D eigenvalue weighted by molar-refractivity contribution is 0.0992. The number of halogens is 3. The summed E-state index contributed by atoms with van der Waals surface area (Å²) in [6, 6.07) is 7.98. The van der Waals surface area contributed by atoms with Crippen LogP contribution in [0.1, 0.15) is 15.2 Å². The predicted molar refractivity (Wildman–Crippen MR) is 71.5 cm³/mol. The Bertz CT molecular complexity index is 567. The van der Waals surface area contributed by atoms with Crippen molar-refractivity contribution in [3.8, 4) is 0 Å². The third-order valence-corrected chi connectivity index (χ3v) is 4.25. The molecule has 1 heterocycles. The van der Waals surface area contributed by atoms with E-state index in [4.69, 9.17) is 11.6 Å². The molecule has 0 aliphatic rings. The van der Waals surface area contributed by atoms with E-state index in [1.54, 1.807) is 18.2 Å². The summed E-state index contributed by atoms with van der Waals surface area (Å²) >= 11 is 10.2. The Morgan fingerprint density at radius 1 is 1.35 bits per heavy atom. The molecule has 0 saturated carbocycles. The molecule has 0 unspecified atom stereocenters. The minimum Gasteiger partial charge on any atom is -0.294 e. The lowest BCUT2D eigenvalue weighted by atomic mass is 10.1. The average Bonchev–Trinajstić information content (AvgIpc) is 2.68. The molecule has 1 aromatic carbocycles. The first-order valence-electron chi connectivity index (χ1n) is 4.79. The third kappa shape index (κ3) is 2.94. The van der Waals surface area contributed by atoms with Crippen LogP contribution < -0.4 is 0 Å². The Balaban J connectivity index is 2.23. The molecule has 5 heteroatoms. The van der Waals surface area contributed by atoms with E-state index in [2.05, 4.69) is 15.9 Å². The van der Waals surface area contributed by atoms with Crippen LogP contribution in [0.4, 0.5) is 4.39 Å². The molecule has 0 saturated heterocycles. The largest absolute Gasteiger partial charge is 0.294 e. The van der Waals surface area contributed by atoms with E-state index in [1.807, 2.05) is 0 Å². The van der Waals surface area contributed by atoms with Gasteiger partial charge in [-0.3, -0.25) is 4.79 Å². The van der Waals surface area contributed by atoms with Crippen molar-refractivity contribution in [2.24, 2.45) is 0 Å². The molecule has 0 radical (unpaired) electrons. The van der Waals surface area contributed by atoms with Crippen molar-refractivity contribution in [1.29, 1.82) is 0 Å². The van der Waals surface area contributed by atoms with Crippen LogP contribution in [0.25, 0.3) is 0 Å². The maximum absolute atomic E-state index is 13.3. The fraction of sp³-hybridized carbons (Fsp3) is 0.0833. The Morgan fingerprint density at radius 3 is 2.76 bits per heavy atom. The molecule has 0 aliphatic heterocycles. The lowest BCUT2D eigenvalue weighted by Gasteiger charge is -2.03. The highest BCUT2D eigenvalue weighted by atomic mass is 79.9. The van der Waals surface area contributed by atoms with Gasteiger partial charge < -0.3 is 0 Å². The molecule has 0 N–H and O–H groups in total. The van der Waals surface area contributed by atoms with Crippen LogP contribution in [0.2, 0.25) is 4.34 Å². The zero-order chi connectivity index (χ0) is 12.4. The number of ketones is 1. The molecule has 0 spiro atoms. The molecule has 0 fully saturated rings. The highest BCUT2D eigenvalue weighted by molar-refractivity contribution is 9.10. The van der Waals surface area contributed by atoms with E-state index in [0.717, 1.165) is 4.88 Å². The molecule has 0 atom stereocenters. The van der Waals surface area contributed by atoms with Gasteiger partial charge in [0.05, 0.1) is 8.81 Å². The molecule has 2 aromatic rings. The SMILES string of the molecule is O=C(Cc1ccc(Cl)s1)c1cccc(F)c1Br. The number of benzene rings is 1. The molecular weight excluding hydrogens is 327 g/mol. The summed E-state index contributed by atoms with van der Waals surface area (Å²) in [4.78, 5) is 12.8. The van der Waals surface area contributed by atoms with Crippen molar-refractivity contribution in [2.45, 2.75) is 6.42 Å². The minimum atomic E-state index is -0.430. The number of thiophene rings is 1. The van der Waals surface area contributed by atoms with Crippen LogP contribution in [-0.2, 0) is 6.42 Å². The molecule has 88 valence electrons. The number of rotatable bonds is 3. The molecule has 0 amide bonds. The van der Waals surface area contributed by atoms with Gasteiger partial charge in [0, 0.05) is 16.9 Å². The molecular formula is C12H7BrClFOS. The van der Waals surface area contributed by atoms with E-state index in [9.17, 15) is 9.18 Å². The van der Waals surface area contributed by atoms with Crippen molar-refractivity contribution in [1.82, 2.24) is 0 Å². The molecule has 1 nitrogen and oxygen atoms in total. The number of Topliss-reactive ketones (excluding diaryl/α,β-unsaturated/α-hetero) is 1. The highest BCUT2D eigenvalue weighted by Gasteiger charge is 2.14. The maximum Gasteiger partial charge on any atom is 0.169 e. The van der Waals surface area contributed by atoms with Crippen LogP contribution in [0.5, 0.6) is 0 Å². The fourth-order valence-electron chi connectivity index (χ4n) is 1.42. The van der Waals surface area contributed by atoms with Crippen molar-refractivity contribution in [3.63, 3.8) is 0 Å². The summed E-state index contributed by atoms with van der Waals surface area (Å²) < 4.78 is 14.1. The zero-order valence-corrected chi connectivity index (χ0v) is 11.7. The predicted octanol–water partition coefficient (Wildman–Crippen LogP) is 4.73. The van der Waals surface area contributed by atoms with E-state index in [-0.39, 0.29) is 16.7 Å². The van der Waals surface area contributed by atoms with Gasteiger partial charge in [0.1, 0.15) is 5.82 Å². The molecule has 2 rings (SSSR count). The van der Waals surface area contributed by atoms with E-state index in [0.29, 0.717) is 9.90 Å². The van der Waals surface area contributed by atoms with E-state index in [1.165, 1.54) is 23.5 Å². The lowest BCUT2D eigenvalue weighted by Crippen LogP contribution is -2.04. The first-order valence-corrected chi connectivity index (χ1v) is 6.78. The number of hydrogen-bond donors (Lipinski definition) is 0. The van der Waals surface area contributed by atoms with Gasteiger partial charge in [-0.25, -0.2) is 4.39 Å². The van der Waals surface area contributed by atoms with Crippen LogP contribution in [0.3, 0.4) is 0 Å². The Morgan fingerprint density at radius 2 is 2.12 bits per heavy atom. The van der Waals surface area contributed by atoms with Gasteiger partial charge in [0.2, 0.25) is 0 Å². The fourth-order valence-corrected chi connectivity index (χ4v) is 2.99. The van der Waals surface area contributed by atoms with E-state index >= 15 is 0 Å². The standard InChI is InChI=1S/C12H7BrClFOS/c13-12-8(2-1-3-9(12)15)10(16)6-7-4-5-11(14)17-7/h1-5H,6H2. The van der Waals surface area contributed by atoms with Crippen molar-refractivity contribution < 1.29 is 9.18 Å². The summed E-state index contributed by atoms with van der Waals surface area (Å²) in [6.07, 6.45) is 0.236. The van der Waals surface area contributed by atoms with Gasteiger partial charge in [0.15, 0.2) is 5.78 Å². The summed E-state index contributed by atoms with van der Waals surface area (Å²) in [5.41, 5.74) is 0.356. The maximum atomic E-state index is 13.3. The van der Waals surface area contributed by atoms with Crippen molar-refractivity contribution in [2.75, 3.05) is 0 Å². The monoisotopic (exact) mass is 332 g/mol. The molecule has 0 bridgehead atoms. The van der Waals surface area contributed by atoms with Gasteiger partial charge in [-0.1, -0.05) is 23.7 Å². The average molecular weight is 334 g/mol. The van der Waals surface area contributed by atoms with Gasteiger partial charge >= 0.3 is 0 Å². The van der Waals surface area contributed by atoms with Crippen molar-refractivity contribution in [3.05, 3.63) is 55.4 Å². The molecule has 1 aromatic heterocycles. The number of carbonyl (C=O) groups is 1. The number of carbonyl (C=O) groups excluding carboxylic acids is 1.